The largest absolute Gasteiger partial charge is 0.0911 e. The highest BCUT2D eigenvalue weighted by atomic mass is 31.1. The van der Waals surface area contributed by atoms with Gasteiger partial charge in [-0.1, -0.05) is 111 Å². The summed E-state index contributed by atoms with van der Waals surface area (Å²) in [7, 11) is -0.235. The van der Waals surface area contributed by atoms with Gasteiger partial charge in [0.1, 0.15) is 0 Å². The molecule has 0 radical (unpaired) electrons. The molecule has 162 valence electrons. The van der Waals surface area contributed by atoms with Crippen LogP contribution >= 0.6 is 15.8 Å². The maximum atomic E-state index is 2.59. The summed E-state index contributed by atoms with van der Waals surface area (Å²) < 4.78 is 0. The van der Waals surface area contributed by atoms with Crippen molar-refractivity contribution in [3.63, 3.8) is 0 Å². The summed E-state index contributed by atoms with van der Waals surface area (Å²) in [5.41, 5.74) is 6.15. The Kier molecular flexibility index (Phi) is 8.09. The zero-order chi connectivity index (χ0) is 22.3. The molecule has 0 atom stereocenters. The molecule has 0 saturated heterocycles. The van der Waals surface area contributed by atoms with Crippen LogP contribution in [0.15, 0.2) is 12.1 Å². The second kappa shape index (κ2) is 8.67. The number of aryl methyl sites for hydroxylation is 2. The van der Waals surface area contributed by atoms with Gasteiger partial charge in [-0.2, -0.15) is 0 Å². The molecule has 0 spiro atoms. The molecule has 0 fully saturated rings. The van der Waals surface area contributed by atoms with Gasteiger partial charge in [0.2, 0.25) is 0 Å². The van der Waals surface area contributed by atoms with E-state index >= 15 is 0 Å². The maximum absolute atomic E-state index is 2.59. The zero-order valence-corrected chi connectivity index (χ0v) is 23.3. The topological polar surface area (TPSA) is 0 Å². The molecule has 0 saturated carbocycles. The van der Waals surface area contributed by atoms with Crippen molar-refractivity contribution in [2.75, 3.05) is 0 Å². The summed E-state index contributed by atoms with van der Waals surface area (Å²) in [6.07, 6.45) is 2.48. The summed E-state index contributed by atoms with van der Waals surface area (Å²) in [5, 5.41) is 1.48. The lowest BCUT2D eigenvalue weighted by molar-refractivity contribution is 0.702. The SMILES string of the molecule is Cc1cc(C)c(CP(C(C)(C)C)C(C)(C)C)cc1CP(C(C)(C)C)C(C)(C)C. The van der Waals surface area contributed by atoms with Crippen LogP contribution in [0.2, 0.25) is 0 Å². The molecular weight excluding hydrogens is 374 g/mol. The number of benzene rings is 1. The number of hydrogen-bond donors (Lipinski definition) is 0. The van der Waals surface area contributed by atoms with Crippen LogP contribution in [0, 0.1) is 13.8 Å². The Labute approximate surface area is 180 Å². The first-order valence-corrected chi connectivity index (χ1v) is 13.9. The normalized spacial score (nSPS) is 14.3. The first kappa shape index (κ1) is 26.1. The lowest BCUT2D eigenvalue weighted by atomic mass is 10.0. The molecular formula is C26H48P2. The van der Waals surface area contributed by atoms with Crippen molar-refractivity contribution in [1.82, 2.24) is 0 Å². The van der Waals surface area contributed by atoms with Gasteiger partial charge in [0.25, 0.3) is 0 Å². The van der Waals surface area contributed by atoms with E-state index in [2.05, 4.69) is 109 Å². The Balaban J connectivity index is 3.37. The molecule has 0 bridgehead atoms. The lowest BCUT2D eigenvalue weighted by Crippen LogP contribution is -2.26. The van der Waals surface area contributed by atoms with E-state index in [1.165, 1.54) is 23.5 Å². The van der Waals surface area contributed by atoms with E-state index in [1.807, 2.05) is 0 Å². The van der Waals surface area contributed by atoms with Gasteiger partial charge >= 0.3 is 0 Å². The van der Waals surface area contributed by atoms with E-state index in [0.717, 1.165) is 0 Å². The minimum atomic E-state index is -0.117. The van der Waals surface area contributed by atoms with Crippen LogP contribution < -0.4 is 0 Å². The molecule has 0 N–H and O–H groups in total. The fourth-order valence-electron chi connectivity index (χ4n) is 4.59. The summed E-state index contributed by atoms with van der Waals surface area (Å²) in [4.78, 5) is 0. The molecule has 0 nitrogen and oxygen atoms in total. The van der Waals surface area contributed by atoms with Gasteiger partial charge in [0.05, 0.1) is 0 Å². The molecule has 1 aromatic rings. The highest BCUT2D eigenvalue weighted by Crippen LogP contribution is 2.63. The fraction of sp³-hybridized carbons (Fsp3) is 0.769. The molecule has 1 aromatic carbocycles. The predicted octanol–water partition coefficient (Wildman–Crippen LogP) is 9.46. The minimum absolute atomic E-state index is 0.117. The Hall–Kier alpha value is 0.0800. The minimum Gasteiger partial charge on any atom is -0.0911 e. The molecule has 0 aromatic heterocycles. The van der Waals surface area contributed by atoms with Crippen LogP contribution in [0.25, 0.3) is 0 Å². The van der Waals surface area contributed by atoms with Gasteiger partial charge in [-0.3, -0.25) is 0 Å². The maximum Gasteiger partial charge on any atom is -0.00610 e. The van der Waals surface area contributed by atoms with E-state index in [-0.39, 0.29) is 15.8 Å². The fourth-order valence-corrected chi connectivity index (χ4v) is 11.9. The third kappa shape index (κ3) is 7.10. The van der Waals surface area contributed by atoms with Crippen molar-refractivity contribution in [2.24, 2.45) is 0 Å². The summed E-state index contributed by atoms with van der Waals surface area (Å²) in [6.45, 7) is 33.9. The Morgan fingerprint density at radius 3 is 0.964 bits per heavy atom. The molecule has 1 rings (SSSR count). The van der Waals surface area contributed by atoms with Gasteiger partial charge in [-0.25, -0.2) is 0 Å². The molecule has 0 amide bonds. The first-order chi connectivity index (χ1) is 12.2. The lowest BCUT2D eigenvalue weighted by Gasteiger charge is -2.43. The van der Waals surface area contributed by atoms with Crippen molar-refractivity contribution < 1.29 is 0 Å². The van der Waals surface area contributed by atoms with Crippen molar-refractivity contribution >= 4 is 15.8 Å². The van der Waals surface area contributed by atoms with E-state index in [1.54, 1.807) is 11.1 Å². The molecule has 0 heterocycles. The average molecular weight is 423 g/mol. The van der Waals surface area contributed by atoms with Gasteiger partial charge in [-0.15, -0.1) is 0 Å². The predicted molar refractivity (Wildman–Crippen MR) is 136 cm³/mol. The molecule has 2 heteroatoms. The molecule has 0 aliphatic rings. The Bertz CT molecular complexity index is 575. The van der Waals surface area contributed by atoms with Crippen molar-refractivity contribution in [1.29, 1.82) is 0 Å². The average Bonchev–Trinajstić information content (AvgIpc) is 2.39. The summed E-state index contributed by atoms with van der Waals surface area (Å²) in [5.74, 6) is 0. The van der Waals surface area contributed by atoms with E-state index in [9.17, 15) is 0 Å². The number of hydrogen-bond acceptors (Lipinski definition) is 0. The van der Waals surface area contributed by atoms with Crippen LogP contribution in [0.1, 0.15) is 105 Å². The highest BCUT2D eigenvalue weighted by molar-refractivity contribution is 7.60. The smallest absolute Gasteiger partial charge is 0.00610 e. The van der Waals surface area contributed by atoms with Gasteiger partial charge < -0.3 is 0 Å². The van der Waals surface area contributed by atoms with E-state index < -0.39 is 0 Å². The highest BCUT2D eigenvalue weighted by Gasteiger charge is 2.36. The molecule has 0 aliphatic heterocycles. The second-order valence-corrected chi connectivity index (χ2v) is 20.3. The molecule has 0 aliphatic carbocycles. The summed E-state index contributed by atoms with van der Waals surface area (Å²) in [6, 6.07) is 5.05. The van der Waals surface area contributed by atoms with E-state index in [0.29, 0.717) is 20.6 Å². The summed E-state index contributed by atoms with van der Waals surface area (Å²) >= 11 is 0. The van der Waals surface area contributed by atoms with Gasteiger partial charge in [-0.05, 0) is 69.0 Å². The van der Waals surface area contributed by atoms with Crippen LogP contribution in [0.5, 0.6) is 0 Å². The Morgan fingerprint density at radius 1 is 0.500 bits per heavy atom. The molecule has 28 heavy (non-hydrogen) atoms. The van der Waals surface area contributed by atoms with Crippen molar-refractivity contribution in [3.8, 4) is 0 Å². The number of rotatable bonds is 4. The quantitative estimate of drug-likeness (QED) is 0.424. The monoisotopic (exact) mass is 422 g/mol. The third-order valence-corrected chi connectivity index (χ3v) is 13.5. The van der Waals surface area contributed by atoms with E-state index in [4.69, 9.17) is 0 Å². The van der Waals surface area contributed by atoms with Gasteiger partial charge in [0, 0.05) is 0 Å². The zero-order valence-electron chi connectivity index (χ0n) is 21.5. The van der Waals surface area contributed by atoms with Crippen LogP contribution in [-0.4, -0.2) is 20.6 Å². The first-order valence-electron chi connectivity index (χ1n) is 10.9. The third-order valence-electron chi connectivity index (χ3n) is 5.69. The standard InChI is InChI=1S/C26H48P2/c1-19-15-20(2)22(18-28(25(9,10)11)26(12,13)14)16-21(19)17-27(23(3,4)5)24(6,7)8/h15-16H,17-18H2,1-14H3. The Morgan fingerprint density at radius 2 is 0.750 bits per heavy atom. The van der Waals surface area contributed by atoms with Crippen molar-refractivity contribution in [3.05, 3.63) is 34.4 Å². The van der Waals surface area contributed by atoms with Crippen molar-refractivity contribution in [2.45, 2.75) is 130 Å². The molecule has 0 unspecified atom stereocenters. The van der Waals surface area contributed by atoms with Crippen LogP contribution in [-0.2, 0) is 12.3 Å². The second-order valence-electron chi connectivity index (χ2n) is 12.6. The van der Waals surface area contributed by atoms with Crippen LogP contribution in [0.3, 0.4) is 0 Å². The van der Waals surface area contributed by atoms with Crippen LogP contribution in [0.4, 0.5) is 0 Å². The van der Waals surface area contributed by atoms with Gasteiger partial charge in [0.15, 0.2) is 0 Å².